The van der Waals surface area contributed by atoms with Crippen LogP contribution in [0.5, 0.6) is 0 Å². The molecule has 0 radical (unpaired) electrons. The van der Waals surface area contributed by atoms with E-state index in [4.69, 9.17) is 5.11 Å². The Hall–Kier alpha value is -1.36. The molecule has 1 aromatic heterocycles. The van der Waals surface area contributed by atoms with Crippen molar-refractivity contribution in [2.75, 3.05) is 0 Å². The van der Waals surface area contributed by atoms with Gasteiger partial charge in [-0.05, 0) is 35.0 Å². The number of para-hydroxylation sites is 1. The highest BCUT2D eigenvalue weighted by molar-refractivity contribution is 9.10. The van der Waals surface area contributed by atoms with Crippen molar-refractivity contribution in [2.45, 2.75) is 13.5 Å². The molecule has 0 fully saturated rings. The third-order valence-corrected chi connectivity index (χ3v) is 2.84. The van der Waals surface area contributed by atoms with Gasteiger partial charge in [0.2, 0.25) is 0 Å². The molecule has 0 saturated heterocycles. The second-order valence-corrected chi connectivity index (χ2v) is 3.86. The number of aromatic carboxylic acids is 1. The van der Waals surface area contributed by atoms with Gasteiger partial charge in [0.15, 0.2) is 0 Å². The molecule has 0 aliphatic rings. The van der Waals surface area contributed by atoms with Crippen LogP contribution in [0.15, 0.2) is 22.8 Å². The average molecular weight is 269 g/mol. The molecule has 1 heterocycles. The van der Waals surface area contributed by atoms with E-state index in [-0.39, 0.29) is 5.56 Å². The Bertz CT molecular complexity index is 533. The molecule has 0 aliphatic heterocycles. The van der Waals surface area contributed by atoms with Crippen molar-refractivity contribution in [3.8, 4) is 0 Å². The first-order chi connectivity index (χ1) is 7.15. The number of carboxylic acids is 1. The third kappa shape index (κ3) is 1.52. The van der Waals surface area contributed by atoms with Crippen molar-refractivity contribution >= 4 is 32.8 Å². The van der Waals surface area contributed by atoms with E-state index in [1.807, 2.05) is 13.0 Å². The Morgan fingerprint density at radius 2 is 2.33 bits per heavy atom. The summed E-state index contributed by atoms with van der Waals surface area (Å²) in [5.74, 6) is -0.928. The summed E-state index contributed by atoms with van der Waals surface area (Å²) in [6, 6.07) is 5.16. The number of benzene rings is 1. The molecule has 78 valence electrons. The molecule has 1 N–H and O–H groups in total. The molecule has 0 aliphatic carbocycles. The van der Waals surface area contributed by atoms with Crippen molar-refractivity contribution in [1.82, 2.24) is 9.78 Å². The van der Waals surface area contributed by atoms with Crippen molar-refractivity contribution in [3.63, 3.8) is 0 Å². The van der Waals surface area contributed by atoms with Crippen LogP contribution < -0.4 is 0 Å². The highest BCUT2D eigenvalue weighted by Gasteiger charge is 2.15. The number of rotatable bonds is 2. The molecule has 4 nitrogen and oxygen atoms in total. The summed E-state index contributed by atoms with van der Waals surface area (Å²) in [6.07, 6.45) is 0. The fourth-order valence-corrected chi connectivity index (χ4v) is 2.11. The first kappa shape index (κ1) is 10.2. The van der Waals surface area contributed by atoms with E-state index in [0.29, 0.717) is 16.7 Å². The van der Waals surface area contributed by atoms with Gasteiger partial charge in [-0.1, -0.05) is 6.07 Å². The summed E-state index contributed by atoms with van der Waals surface area (Å²) >= 11 is 3.32. The van der Waals surface area contributed by atoms with E-state index in [0.717, 1.165) is 5.39 Å². The summed E-state index contributed by atoms with van der Waals surface area (Å²) in [7, 11) is 0. The van der Waals surface area contributed by atoms with E-state index in [2.05, 4.69) is 21.0 Å². The maximum absolute atomic E-state index is 11.0. The van der Waals surface area contributed by atoms with Gasteiger partial charge in [0.25, 0.3) is 0 Å². The molecule has 0 amide bonds. The molecule has 0 bridgehead atoms. The van der Waals surface area contributed by atoms with Crippen LogP contribution in [-0.4, -0.2) is 20.9 Å². The number of hydrogen-bond donors (Lipinski definition) is 1. The van der Waals surface area contributed by atoms with Crippen LogP contribution in [0.3, 0.4) is 0 Å². The van der Waals surface area contributed by atoms with Crippen molar-refractivity contribution < 1.29 is 9.90 Å². The van der Waals surface area contributed by atoms with Gasteiger partial charge >= 0.3 is 5.97 Å². The lowest BCUT2D eigenvalue weighted by atomic mass is 10.1. The lowest BCUT2D eigenvalue weighted by Crippen LogP contribution is -2.03. The van der Waals surface area contributed by atoms with Crippen LogP contribution in [0, 0.1) is 0 Å². The normalized spacial score (nSPS) is 10.8. The van der Waals surface area contributed by atoms with Crippen LogP contribution in [0.1, 0.15) is 17.3 Å². The van der Waals surface area contributed by atoms with E-state index in [9.17, 15) is 4.79 Å². The maximum atomic E-state index is 11.0. The average Bonchev–Trinajstić information content (AvgIpc) is 2.55. The van der Waals surface area contributed by atoms with Crippen LogP contribution in [0.25, 0.3) is 10.9 Å². The minimum Gasteiger partial charge on any atom is -0.478 e. The number of aryl methyl sites for hydroxylation is 1. The van der Waals surface area contributed by atoms with Gasteiger partial charge in [-0.3, -0.25) is 4.68 Å². The Balaban J connectivity index is 2.88. The number of fused-ring (bicyclic) bond motifs is 1. The van der Waals surface area contributed by atoms with Crippen molar-refractivity contribution in [3.05, 3.63) is 28.4 Å². The van der Waals surface area contributed by atoms with Gasteiger partial charge in [-0.15, -0.1) is 0 Å². The molecule has 2 aromatic rings. The second kappa shape index (κ2) is 3.66. The number of halogens is 1. The predicted octanol–water partition coefficient (Wildman–Crippen LogP) is 2.52. The molecule has 2 rings (SSSR count). The van der Waals surface area contributed by atoms with Crippen LogP contribution in [-0.2, 0) is 6.54 Å². The number of carbonyl (C=O) groups is 1. The SMILES string of the molecule is CCn1nc(Br)c2cccc(C(=O)O)c21. The van der Waals surface area contributed by atoms with Gasteiger partial charge in [0.1, 0.15) is 4.60 Å². The minimum atomic E-state index is -0.928. The quantitative estimate of drug-likeness (QED) is 0.911. The second-order valence-electron chi connectivity index (χ2n) is 3.11. The van der Waals surface area contributed by atoms with E-state index in [1.54, 1.807) is 16.8 Å². The maximum Gasteiger partial charge on any atom is 0.337 e. The molecular formula is C10H9BrN2O2. The summed E-state index contributed by atoms with van der Waals surface area (Å²) in [6.45, 7) is 2.57. The Kier molecular flexibility index (Phi) is 2.48. The summed E-state index contributed by atoms with van der Waals surface area (Å²) < 4.78 is 2.37. The summed E-state index contributed by atoms with van der Waals surface area (Å²) in [4.78, 5) is 11.0. The molecule has 0 atom stereocenters. The van der Waals surface area contributed by atoms with Gasteiger partial charge in [-0.2, -0.15) is 5.10 Å². The van der Waals surface area contributed by atoms with Crippen molar-refractivity contribution in [2.24, 2.45) is 0 Å². The van der Waals surface area contributed by atoms with E-state index in [1.165, 1.54) is 0 Å². The van der Waals surface area contributed by atoms with Gasteiger partial charge in [0.05, 0.1) is 11.1 Å². The van der Waals surface area contributed by atoms with Gasteiger partial charge in [0, 0.05) is 11.9 Å². The number of nitrogens with zero attached hydrogens (tertiary/aromatic N) is 2. The van der Waals surface area contributed by atoms with Gasteiger partial charge < -0.3 is 5.11 Å². The zero-order valence-electron chi connectivity index (χ0n) is 8.07. The standard InChI is InChI=1S/C10H9BrN2O2/c1-2-13-8-6(9(11)12-13)4-3-5-7(8)10(14)15/h3-5H,2H2,1H3,(H,14,15). The van der Waals surface area contributed by atoms with Crippen molar-refractivity contribution in [1.29, 1.82) is 0 Å². The Labute approximate surface area is 94.6 Å². The molecule has 15 heavy (non-hydrogen) atoms. The van der Waals surface area contributed by atoms with E-state index < -0.39 is 5.97 Å². The zero-order chi connectivity index (χ0) is 11.0. The first-order valence-electron chi connectivity index (χ1n) is 4.53. The number of aromatic nitrogens is 2. The monoisotopic (exact) mass is 268 g/mol. The molecule has 0 saturated carbocycles. The molecule has 0 spiro atoms. The summed E-state index contributed by atoms with van der Waals surface area (Å²) in [5.41, 5.74) is 0.951. The fraction of sp³-hybridized carbons (Fsp3) is 0.200. The van der Waals surface area contributed by atoms with Crippen LogP contribution in [0.2, 0.25) is 0 Å². The molecule has 5 heteroatoms. The fourth-order valence-electron chi connectivity index (χ4n) is 1.60. The number of carboxylic acid groups (broad SMARTS) is 1. The highest BCUT2D eigenvalue weighted by Crippen LogP contribution is 2.26. The summed E-state index contributed by atoms with van der Waals surface area (Å²) in [5, 5.41) is 14.1. The van der Waals surface area contributed by atoms with E-state index >= 15 is 0 Å². The van der Waals surface area contributed by atoms with Crippen LogP contribution >= 0.6 is 15.9 Å². The molecule has 0 unspecified atom stereocenters. The Morgan fingerprint density at radius 3 is 2.93 bits per heavy atom. The highest BCUT2D eigenvalue weighted by atomic mass is 79.9. The lowest BCUT2D eigenvalue weighted by Gasteiger charge is -2.01. The smallest absolute Gasteiger partial charge is 0.337 e. The lowest BCUT2D eigenvalue weighted by molar-refractivity contribution is 0.0698. The molecule has 1 aromatic carbocycles. The third-order valence-electron chi connectivity index (χ3n) is 2.25. The molecular weight excluding hydrogens is 260 g/mol. The van der Waals surface area contributed by atoms with Gasteiger partial charge in [-0.25, -0.2) is 4.79 Å². The first-order valence-corrected chi connectivity index (χ1v) is 5.32. The Morgan fingerprint density at radius 1 is 1.60 bits per heavy atom. The topological polar surface area (TPSA) is 55.1 Å². The minimum absolute atomic E-state index is 0.285. The largest absolute Gasteiger partial charge is 0.478 e. The van der Waals surface area contributed by atoms with Crippen LogP contribution in [0.4, 0.5) is 0 Å². The predicted molar refractivity (Wildman–Crippen MR) is 60.1 cm³/mol. The number of hydrogen-bond acceptors (Lipinski definition) is 2. The zero-order valence-corrected chi connectivity index (χ0v) is 9.65.